The minimum atomic E-state index is -0.743. The molecule has 26 heavy (non-hydrogen) atoms. The van der Waals surface area contributed by atoms with Gasteiger partial charge in [-0.1, -0.05) is 29.8 Å². The molecule has 1 amide bonds. The summed E-state index contributed by atoms with van der Waals surface area (Å²) in [4.78, 5) is 24.4. The Morgan fingerprint density at radius 1 is 1.04 bits per heavy atom. The molecule has 0 saturated carbocycles. The van der Waals surface area contributed by atoms with Gasteiger partial charge in [0, 0.05) is 18.3 Å². The minimum Gasteiger partial charge on any atom is -0.319 e. The molecular weight excluding hydrogens is 338 g/mol. The van der Waals surface area contributed by atoms with Crippen LogP contribution in [0.1, 0.15) is 21.5 Å². The van der Waals surface area contributed by atoms with Crippen molar-refractivity contribution in [3.05, 3.63) is 99.5 Å². The Bertz CT molecular complexity index is 1010. The largest absolute Gasteiger partial charge is 0.319 e. The van der Waals surface area contributed by atoms with Crippen LogP contribution in [-0.4, -0.2) is 10.5 Å². The first-order valence-corrected chi connectivity index (χ1v) is 7.95. The lowest BCUT2D eigenvalue weighted by molar-refractivity contribution is 0.102. The summed E-state index contributed by atoms with van der Waals surface area (Å²) in [5, 5.41) is 2.32. The van der Waals surface area contributed by atoms with E-state index in [2.05, 4.69) is 5.32 Å². The topological polar surface area (TPSA) is 51.1 Å². The van der Waals surface area contributed by atoms with Gasteiger partial charge in [-0.2, -0.15) is 0 Å². The predicted molar refractivity (Wildman–Crippen MR) is 95.3 cm³/mol. The lowest BCUT2D eigenvalue weighted by atomic mass is 10.1. The number of aromatic nitrogens is 1. The van der Waals surface area contributed by atoms with Crippen LogP contribution in [0.3, 0.4) is 0 Å². The molecule has 0 aliphatic rings. The molecule has 1 aromatic heterocycles. The molecule has 0 unspecified atom stereocenters. The first kappa shape index (κ1) is 17.5. The minimum absolute atomic E-state index is 0.167. The van der Waals surface area contributed by atoms with E-state index in [9.17, 15) is 18.4 Å². The normalized spacial score (nSPS) is 10.6. The highest BCUT2D eigenvalue weighted by atomic mass is 19.1. The molecule has 0 spiro atoms. The van der Waals surface area contributed by atoms with E-state index in [1.54, 1.807) is 0 Å². The molecule has 3 aromatic rings. The van der Waals surface area contributed by atoms with Crippen LogP contribution in [0.4, 0.5) is 14.5 Å². The van der Waals surface area contributed by atoms with Crippen LogP contribution in [0.2, 0.25) is 0 Å². The summed E-state index contributed by atoms with van der Waals surface area (Å²) >= 11 is 0. The van der Waals surface area contributed by atoms with E-state index in [4.69, 9.17) is 0 Å². The van der Waals surface area contributed by atoms with Crippen molar-refractivity contribution < 1.29 is 13.6 Å². The summed E-state index contributed by atoms with van der Waals surface area (Å²) in [6.07, 6.45) is 1.40. The van der Waals surface area contributed by atoms with Gasteiger partial charge in [0.15, 0.2) is 0 Å². The summed E-state index contributed by atoms with van der Waals surface area (Å²) < 4.78 is 28.3. The molecule has 1 N–H and O–H groups in total. The fraction of sp³-hybridized carbons (Fsp3) is 0.100. The zero-order valence-electron chi connectivity index (χ0n) is 14.0. The van der Waals surface area contributed by atoms with Gasteiger partial charge in [0.2, 0.25) is 0 Å². The van der Waals surface area contributed by atoms with Crippen molar-refractivity contribution in [2.75, 3.05) is 5.32 Å². The van der Waals surface area contributed by atoms with Crippen LogP contribution in [0.15, 0.2) is 65.6 Å². The Balaban J connectivity index is 1.84. The molecular formula is C20H16F2N2O2. The maximum absolute atomic E-state index is 13.7. The predicted octanol–water partition coefficient (Wildman–Crippen LogP) is 3.74. The highest BCUT2D eigenvalue weighted by Crippen LogP contribution is 2.16. The molecule has 3 rings (SSSR count). The third kappa shape index (κ3) is 4.03. The first-order chi connectivity index (χ1) is 12.4. The first-order valence-electron chi connectivity index (χ1n) is 7.95. The Morgan fingerprint density at radius 3 is 2.50 bits per heavy atom. The lowest BCUT2D eigenvalue weighted by Gasteiger charge is -2.10. The maximum Gasteiger partial charge on any atom is 0.257 e. The molecule has 0 bridgehead atoms. The molecule has 1 heterocycles. The SMILES string of the molecule is Cc1ccc(Cn2cc(C(=O)Nc3cc(F)ccc3F)ccc2=O)cc1. The molecule has 0 aliphatic heterocycles. The van der Waals surface area contributed by atoms with Gasteiger partial charge in [-0.3, -0.25) is 9.59 Å². The smallest absolute Gasteiger partial charge is 0.257 e. The van der Waals surface area contributed by atoms with Crippen molar-refractivity contribution in [1.29, 1.82) is 0 Å². The van der Waals surface area contributed by atoms with Crippen LogP contribution < -0.4 is 10.9 Å². The summed E-state index contributed by atoms with van der Waals surface area (Å²) in [5.74, 6) is -2.04. The van der Waals surface area contributed by atoms with E-state index in [0.29, 0.717) is 6.54 Å². The average molecular weight is 354 g/mol. The summed E-state index contributed by atoms with van der Waals surface area (Å²) in [7, 11) is 0. The molecule has 0 atom stereocenters. The maximum atomic E-state index is 13.7. The van der Waals surface area contributed by atoms with Gasteiger partial charge < -0.3 is 9.88 Å². The van der Waals surface area contributed by atoms with Crippen molar-refractivity contribution in [3.63, 3.8) is 0 Å². The van der Waals surface area contributed by atoms with Gasteiger partial charge in [0.05, 0.1) is 17.8 Å². The highest BCUT2D eigenvalue weighted by Gasteiger charge is 2.12. The molecule has 6 heteroatoms. The van der Waals surface area contributed by atoms with Gasteiger partial charge in [0.1, 0.15) is 11.6 Å². The van der Waals surface area contributed by atoms with Crippen LogP contribution in [0, 0.1) is 18.6 Å². The number of nitrogens with zero attached hydrogens (tertiary/aromatic N) is 1. The monoisotopic (exact) mass is 354 g/mol. The fourth-order valence-corrected chi connectivity index (χ4v) is 2.47. The van der Waals surface area contributed by atoms with Crippen molar-refractivity contribution >= 4 is 11.6 Å². The van der Waals surface area contributed by atoms with Crippen molar-refractivity contribution in [2.45, 2.75) is 13.5 Å². The van der Waals surface area contributed by atoms with Gasteiger partial charge in [-0.25, -0.2) is 8.78 Å². The number of anilines is 1. The van der Waals surface area contributed by atoms with E-state index in [-0.39, 0.29) is 16.8 Å². The van der Waals surface area contributed by atoms with E-state index >= 15 is 0 Å². The number of carbonyl (C=O) groups is 1. The average Bonchev–Trinajstić information content (AvgIpc) is 2.62. The third-order valence-corrected chi connectivity index (χ3v) is 3.90. The number of hydrogen-bond acceptors (Lipinski definition) is 2. The molecule has 0 aliphatic carbocycles. The quantitative estimate of drug-likeness (QED) is 0.776. The van der Waals surface area contributed by atoms with Gasteiger partial charge >= 0.3 is 0 Å². The Kier molecular flexibility index (Phi) is 4.93. The Morgan fingerprint density at radius 2 is 1.77 bits per heavy atom. The number of halogens is 2. The molecule has 132 valence electrons. The fourth-order valence-electron chi connectivity index (χ4n) is 2.47. The standard InChI is InChI=1S/C20H16F2N2O2/c1-13-2-4-14(5-3-13)11-24-12-15(6-9-19(24)25)20(26)23-18-10-16(21)7-8-17(18)22/h2-10,12H,11H2,1H3,(H,23,26). The van der Waals surface area contributed by atoms with E-state index < -0.39 is 17.5 Å². The van der Waals surface area contributed by atoms with E-state index in [1.165, 1.54) is 22.9 Å². The van der Waals surface area contributed by atoms with Crippen LogP contribution >= 0.6 is 0 Å². The molecule has 0 radical (unpaired) electrons. The second kappa shape index (κ2) is 7.31. The van der Waals surface area contributed by atoms with Crippen LogP contribution in [0.5, 0.6) is 0 Å². The van der Waals surface area contributed by atoms with Gasteiger partial charge in [-0.15, -0.1) is 0 Å². The van der Waals surface area contributed by atoms with Crippen LogP contribution in [0.25, 0.3) is 0 Å². The van der Waals surface area contributed by atoms with Crippen LogP contribution in [-0.2, 0) is 6.54 Å². The number of rotatable bonds is 4. The summed E-state index contributed by atoms with van der Waals surface area (Å²) in [6, 6.07) is 13.1. The molecule has 2 aromatic carbocycles. The number of amides is 1. The molecule has 4 nitrogen and oxygen atoms in total. The Labute approximate surface area is 148 Å². The second-order valence-electron chi connectivity index (χ2n) is 5.95. The zero-order chi connectivity index (χ0) is 18.7. The van der Waals surface area contributed by atoms with Gasteiger partial charge in [0.25, 0.3) is 11.5 Å². The number of pyridine rings is 1. The van der Waals surface area contributed by atoms with Crippen molar-refractivity contribution in [2.24, 2.45) is 0 Å². The van der Waals surface area contributed by atoms with E-state index in [1.807, 2.05) is 31.2 Å². The Hall–Kier alpha value is -3.28. The number of benzene rings is 2. The highest BCUT2D eigenvalue weighted by molar-refractivity contribution is 6.04. The zero-order valence-corrected chi connectivity index (χ0v) is 14.0. The molecule has 0 saturated heterocycles. The second-order valence-corrected chi connectivity index (χ2v) is 5.95. The number of hydrogen-bond donors (Lipinski definition) is 1. The summed E-state index contributed by atoms with van der Waals surface area (Å²) in [5.41, 5.74) is 1.66. The van der Waals surface area contributed by atoms with Crippen molar-refractivity contribution in [1.82, 2.24) is 4.57 Å². The number of nitrogens with one attached hydrogen (secondary N) is 1. The number of aryl methyl sites for hydroxylation is 1. The van der Waals surface area contributed by atoms with E-state index in [0.717, 1.165) is 29.3 Å². The lowest BCUT2D eigenvalue weighted by Crippen LogP contribution is -2.22. The number of carbonyl (C=O) groups excluding carboxylic acids is 1. The van der Waals surface area contributed by atoms with Gasteiger partial charge in [-0.05, 0) is 30.7 Å². The molecule has 0 fully saturated rings. The van der Waals surface area contributed by atoms with Crippen molar-refractivity contribution in [3.8, 4) is 0 Å². The third-order valence-electron chi connectivity index (χ3n) is 3.90. The summed E-state index contributed by atoms with van der Waals surface area (Å²) in [6.45, 7) is 2.26.